The second-order valence-corrected chi connectivity index (χ2v) is 8.32. The van der Waals surface area contributed by atoms with Gasteiger partial charge in [-0.25, -0.2) is 8.78 Å². The molecule has 0 aliphatic carbocycles. The van der Waals surface area contributed by atoms with Gasteiger partial charge in [-0.1, -0.05) is 42.5 Å². The summed E-state index contributed by atoms with van der Waals surface area (Å²) in [4.78, 5) is 12.4. The van der Waals surface area contributed by atoms with Crippen LogP contribution in [0.15, 0.2) is 91.0 Å². The van der Waals surface area contributed by atoms with Crippen LogP contribution in [0.2, 0.25) is 0 Å². The average molecular weight is 481 g/mol. The van der Waals surface area contributed by atoms with E-state index >= 15 is 0 Å². The Morgan fingerprint density at radius 3 is 2.36 bits per heavy atom. The molecule has 5 nitrogen and oxygen atoms in total. The Morgan fingerprint density at radius 2 is 1.56 bits per heavy atom. The molecule has 0 unspecified atom stereocenters. The van der Waals surface area contributed by atoms with Crippen molar-refractivity contribution in [3.05, 3.63) is 119 Å². The van der Waals surface area contributed by atoms with Gasteiger partial charge in [-0.2, -0.15) is 5.10 Å². The fourth-order valence-electron chi connectivity index (χ4n) is 3.93. The second kappa shape index (κ2) is 10.2. The standard InChI is InChI=1S/C29H22F2N4O/c30-21-13-20(14-22(31)16-21)15-29(36)33-24-8-4-7-23(17-24)32-25-10-11-26-27(34-35-28(26)18-25)12-9-19-5-2-1-3-6-19/h1-14,16-18,32H,15H2,(H,33,36)(H,34,35)/b12-9+. The van der Waals surface area contributed by atoms with E-state index in [0.717, 1.165) is 51.7 Å². The van der Waals surface area contributed by atoms with Crippen LogP contribution in [0, 0.1) is 11.6 Å². The SMILES string of the molecule is O=C(Cc1cc(F)cc(F)c1)Nc1cccc(Nc2ccc3c(/C=C/c4ccccc4)n[nH]c3c2)c1. The average Bonchev–Trinajstić information content (AvgIpc) is 3.25. The van der Waals surface area contributed by atoms with Gasteiger partial charge >= 0.3 is 0 Å². The summed E-state index contributed by atoms with van der Waals surface area (Å²) in [7, 11) is 0. The predicted molar refractivity (Wildman–Crippen MR) is 140 cm³/mol. The number of hydrogen-bond donors (Lipinski definition) is 3. The van der Waals surface area contributed by atoms with Gasteiger partial charge in [-0.3, -0.25) is 9.89 Å². The summed E-state index contributed by atoms with van der Waals surface area (Å²) in [6.07, 6.45) is 3.86. The number of carbonyl (C=O) groups excluding carboxylic acids is 1. The molecule has 0 radical (unpaired) electrons. The van der Waals surface area contributed by atoms with Crippen LogP contribution in [-0.4, -0.2) is 16.1 Å². The molecular weight excluding hydrogens is 458 g/mol. The molecular formula is C29H22F2N4O. The third-order valence-corrected chi connectivity index (χ3v) is 5.55. The van der Waals surface area contributed by atoms with Crippen LogP contribution in [0.1, 0.15) is 16.8 Å². The van der Waals surface area contributed by atoms with Gasteiger partial charge in [0, 0.05) is 28.5 Å². The minimum absolute atomic E-state index is 0.135. The van der Waals surface area contributed by atoms with E-state index in [9.17, 15) is 13.6 Å². The van der Waals surface area contributed by atoms with Gasteiger partial charge in [0.25, 0.3) is 0 Å². The number of anilines is 3. The van der Waals surface area contributed by atoms with E-state index in [-0.39, 0.29) is 17.9 Å². The lowest BCUT2D eigenvalue weighted by Gasteiger charge is -2.10. The van der Waals surface area contributed by atoms with E-state index in [1.54, 1.807) is 18.2 Å². The van der Waals surface area contributed by atoms with Gasteiger partial charge in [0.1, 0.15) is 11.6 Å². The number of nitrogens with zero attached hydrogens (tertiary/aromatic N) is 1. The molecule has 0 spiro atoms. The molecule has 36 heavy (non-hydrogen) atoms. The van der Waals surface area contributed by atoms with E-state index in [1.165, 1.54) is 0 Å². The maximum atomic E-state index is 13.4. The lowest BCUT2D eigenvalue weighted by molar-refractivity contribution is -0.115. The zero-order valence-electron chi connectivity index (χ0n) is 19.1. The number of carbonyl (C=O) groups is 1. The zero-order chi connectivity index (χ0) is 24.9. The van der Waals surface area contributed by atoms with Crippen LogP contribution >= 0.6 is 0 Å². The third kappa shape index (κ3) is 5.64. The molecule has 178 valence electrons. The number of rotatable bonds is 7. The molecule has 1 aromatic heterocycles. The number of benzene rings is 4. The summed E-state index contributed by atoms with van der Waals surface area (Å²) in [5, 5.41) is 14.6. The van der Waals surface area contributed by atoms with Gasteiger partial charge < -0.3 is 10.6 Å². The summed E-state index contributed by atoms with van der Waals surface area (Å²) in [5.41, 5.74) is 5.30. The van der Waals surface area contributed by atoms with E-state index in [2.05, 4.69) is 20.8 Å². The molecule has 0 aliphatic heterocycles. The van der Waals surface area contributed by atoms with Crippen LogP contribution < -0.4 is 10.6 Å². The Morgan fingerprint density at radius 1 is 0.806 bits per heavy atom. The number of halogens is 2. The van der Waals surface area contributed by atoms with E-state index in [4.69, 9.17) is 0 Å². The van der Waals surface area contributed by atoms with Crippen molar-refractivity contribution in [3.8, 4) is 0 Å². The van der Waals surface area contributed by atoms with Crippen molar-refractivity contribution in [3.63, 3.8) is 0 Å². The number of H-pyrrole nitrogens is 1. The van der Waals surface area contributed by atoms with Gasteiger partial charge in [-0.05, 0) is 65.7 Å². The zero-order valence-corrected chi connectivity index (χ0v) is 19.1. The van der Waals surface area contributed by atoms with Gasteiger partial charge in [0.05, 0.1) is 17.6 Å². The number of aromatic amines is 1. The first kappa shape index (κ1) is 23.0. The van der Waals surface area contributed by atoms with Crippen molar-refractivity contribution in [1.82, 2.24) is 10.2 Å². The van der Waals surface area contributed by atoms with Crippen LogP contribution in [-0.2, 0) is 11.2 Å². The number of aromatic nitrogens is 2. The first-order chi connectivity index (χ1) is 17.5. The van der Waals surface area contributed by atoms with Crippen LogP contribution in [0.5, 0.6) is 0 Å². The molecule has 1 amide bonds. The van der Waals surface area contributed by atoms with Crippen molar-refractivity contribution in [1.29, 1.82) is 0 Å². The summed E-state index contributed by atoms with van der Waals surface area (Å²) in [6, 6.07) is 26.2. The summed E-state index contributed by atoms with van der Waals surface area (Å²) in [5.74, 6) is -1.79. The third-order valence-electron chi connectivity index (χ3n) is 5.55. The molecule has 0 saturated heterocycles. The largest absolute Gasteiger partial charge is 0.355 e. The molecule has 3 N–H and O–H groups in total. The maximum absolute atomic E-state index is 13.4. The molecule has 0 atom stereocenters. The van der Waals surface area contributed by atoms with Gasteiger partial charge in [0.15, 0.2) is 0 Å². The highest BCUT2D eigenvalue weighted by molar-refractivity contribution is 5.93. The predicted octanol–water partition coefficient (Wildman–Crippen LogP) is 6.94. The summed E-state index contributed by atoms with van der Waals surface area (Å²) >= 11 is 0. The lowest BCUT2D eigenvalue weighted by atomic mass is 10.1. The Kier molecular flexibility index (Phi) is 6.53. The normalized spacial score (nSPS) is 11.2. The quantitative estimate of drug-likeness (QED) is 0.236. The highest BCUT2D eigenvalue weighted by Gasteiger charge is 2.09. The van der Waals surface area contributed by atoms with Crippen molar-refractivity contribution < 1.29 is 13.6 Å². The molecule has 1 heterocycles. The van der Waals surface area contributed by atoms with Crippen molar-refractivity contribution in [2.75, 3.05) is 10.6 Å². The Hall–Kier alpha value is -4.78. The van der Waals surface area contributed by atoms with Crippen molar-refractivity contribution in [2.24, 2.45) is 0 Å². The molecule has 0 saturated carbocycles. The number of fused-ring (bicyclic) bond motifs is 1. The van der Waals surface area contributed by atoms with E-state index < -0.39 is 11.6 Å². The number of nitrogens with one attached hydrogen (secondary N) is 3. The number of amides is 1. The van der Waals surface area contributed by atoms with Crippen molar-refractivity contribution in [2.45, 2.75) is 6.42 Å². The summed E-state index contributed by atoms with van der Waals surface area (Å²) in [6.45, 7) is 0. The van der Waals surface area contributed by atoms with Crippen LogP contribution in [0.25, 0.3) is 23.1 Å². The maximum Gasteiger partial charge on any atom is 0.228 e. The van der Waals surface area contributed by atoms with Crippen LogP contribution in [0.3, 0.4) is 0 Å². The molecule has 7 heteroatoms. The van der Waals surface area contributed by atoms with E-state index in [1.807, 2.05) is 66.7 Å². The fraction of sp³-hybridized carbons (Fsp3) is 0.0345. The first-order valence-electron chi connectivity index (χ1n) is 11.3. The van der Waals surface area contributed by atoms with Crippen molar-refractivity contribution >= 4 is 46.0 Å². The fourth-order valence-corrected chi connectivity index (χ4v) is 3.93. The summed E-state index contributed by atoms with van der Waals surface area (Å²) < 4.78 is 26.8. The topological polar surface area (TPSA) is 69.8 Å². The van der Waals surface area contributed by atoms with E-state index in [0.29, 0.717) is 5.69 Å². The highest BCUT2D eigenvalue weighted by Crippen LogP contribution is 2.25. The number of hydrogen-bond acceptors (Lipinski definition) is 3. The lowest BCUT2D eigenvalue weighted by Crippen LogP contribution is -2.14. The Labute approximate surface area is 206 Å². The minimum Gasteiger partial charge on any atom is -0.355 e. The molecule has 0 bridgehead atoms. The molecule has 5 aromatic rings. The van der Waals surface area contributed by atoms with Gasteiger partial charge in [-0.15, -0.1) is 0 Å². The monoisotopic (exact) mass is 480 g/mol. The van der Waals surface area contributed by atoms with Crippen LogP contribution in [0.4, 0.5) is 25.8 Å². The second-order valence-electron chi connectivity index (χ2n) is 8.32. The first-order valence-corrected chi connectivity index (χ1v) is 11.3. The van der Waals surface area contributed by atoms with Gasteiger partial charge in [0.2, 0.25) is 5.91 Å². The molecule has 4 aromatic carbocycles. The smallest absolute Gasteiger partial charge is 0.228 e. The Bertz CT molecular complexity index is 1540. The molecule has 0 fully saturated rings. The molecule has 5 rings (SSSR count). The highest BCUT2D eigenvalue weighted by atomic mass is 19.1. The Balaban J connectivity index is 1.26. The minimum atomic E-state index is -0.711. The molecule has 0 aliphatic rings.